The van der Waals surface area contributed by atoms with E-state index in [4.69, 9.17) is 14.4 Å². The van der Waals surface area contributed by atoms with Gasteiger partial charge in [-0.1, -0.05) is 100 Å². The van der Waals surface area contributed by atoms with E-state index in [1.165, 1.54) is 16.7 Å². The molecule has 0 saturated heterocycles. The number of nitrogens with zero attached hydrogens (tertiary/aromatic N) is 2. The molecule has 0 spiro atoms. The third-order valence-electron chi connectivity index (χ3n) is 7.59. The van der Waals surface area contributed by atoms with Crippen LogP contribution in [0.3, 0.4) is 0 Å². The first-order valence-corrected chi connectivity index (χ1v) is 13.6. The number of fused-ring (bicyclic) bond motifs is 1. The van der Waals surface area contributed by atoms with Gasteiger partial charge in [-0.2, -0.15) is 0 Å². The molecular formula is C36H32N2O2. The number of aromatic nitrogens is 2. The minimum atomic E-state index is 0.0288. The molecule has 6 aromatic rings. The summed E-state index contributed by atoms with van der Waals surface area (Å²) in [6.07, 6.45) is 2.00. The Balaban J connectivity index is 1.51. The molecule has 0 fully saturated rings. The van der Waals surface area contributed by atoms with Gasteiger partial charge in [0.15, 0.2) is 5.58 Å². The minimum Gasteiger partial charge on any atom is -0.507 e. The van der Waals surface area contributed by atoms with Gasteiger partial charge in [-0.25, -0.2) is 4.98 Å². The molecule has 198 valence electrons. The summed E-state index contributed by atoms with van der Waals surface area (Å²) >= 11 is 0. The zero-order chi connectivity index (χ0) is 27.9. The van der Waals surface area contributed by atoms with Crippen LogP contribution in [0.1, 0.15) is 50.3 Å². The normalized spacial score (nSPS) is 12.5. The lowest BCUT2D eigenvalue weighted by molar-refractivity contribution is 0.474. The molecule has 0 aliphatic heterocycles. The Morgan fingerprint density at radius 2 is 1.50 bits per heavy atom. The molecule has 4 nitrogen and oxygen atoms in total. The van der Waals surface area contributed by atoms with E-state index in [0.29, 0.717) is 17.0 Å². The summed E-state index contributed by atoms with van der Waals surface area (Å²) in [5.74, 6) is 0.723. The molecule has 4 heteroatoms. The quantitative estimate of drug-likeness (QED) is 0.244. The van der Waals surface area contributed by atoms with Gasteiger partial charge in [-0.15, -0.1) is 0 Å². The second kappa shape index (κ2) is 10.1. The minimum absolute atomic E-state index is 0.0288. The zero-order valence-electron chi connectivity index (χ0n) is 23.2. The monoisotopic (exact) mass is 524 g/mol. The largest absolute Gasteiger partial charge is 0.507 e. The number of rotatable bonds is 5. The standard InChI is InChI=1S/C36H32N2O2/c1-23(24-11-6-5-7-12-24)27-19-17-25(21-30(27)31-20-18-26(22-37-31)36(2,3)4)28-14-10-16-33-34(28)38-35(40-33)29-13-8-9-15-32(29)39/h5-23,39H,1-4H3. The first kappa shape index (κ1) is 25.6. The molecule has 4 aromatic carbocycles. The molecule has 6 rings (SSSR count). The summed E-state index contributed by atoms with van der Waals surface area (Å²) in [7, 11) is 0. The molecule has 1 N–H and O–H groups in total. The van der Waals surface area contributed by atoms with Crippen LogP contribution in [0.4, 0.5) is 0 Å². The highest BCUT2D eigenvalue weighted by Crippen LogP contribution is 2.39. The molecule has 40 heavy (non-hydrogen) atoms. The molecule has 2 aromatic heterocycles. The second-order valence-electron chi connectivity index (χ2n) is 11.3. The zero-order valence-corrected chi connectivity index (χ0v) is 23.2. The van der Waals surface area contributed by atoms with Crippen molar-refractivity contribution in [1.82, 2.24) is 9.97 Å². The molecule has 0 aliphatic carbocycles. The predicted molar refractivity (Wildman–Crippen MR) is 162 cm³/mol. The van der Waals surface area contributed by atoms with E-state index in [0.717, 1.165) is 27.9 Å². The predicted octanol–water partition coefficient (Wildman–Crippen LogP) is 9.38. The number of aromatic hydroxyl groups is 1. The third-order valence-corrected chi connectivity index (χ3v) is 7.59. The smallest absolute Gasteiger partial charge is 0.231 e. The van der Waals surface area contributed by atoms with Crippen LogP contribution in [0.25, 0.3) is 44.9 Å². The van der Waals surface area contributed by atoms with Crippen molar-refractivity contribution in [3.63, 3.8) is 0 Å². The molecule has 0 saturated carbocycles. The van der Waals surface area contributed by atoms with Crippen molar-refractivity contribution in [3.8, 4) is 39.6 Å². The molecule has 1 unspecified atom stereocenters. The molecule has 0 bridgehead atoms. The van der Waals surface area contributed by atoms with Gasteiger partial charge in [0.1, 0.15) is 11.3 Å². The Labute approximate surface area is 235 Å². The van der Waals surface area contributed by atoms with Gasteiger partial charge in [-0.05, 0) is 58.0 Å². The van der Waals surface area contributed by atoms with Crippen molar-refractivity contribution in [3.05, 3.63) is 126 Å². The van der Waals surface area contributed by atoms with Crippen molar-refractivity contribution >= 4 is 11.1 Å². The number of oxazole rings is 1. The summed E-state index contributed by atoms with van der Waals surface area (Å²) in [5.41, 5.74) is 9.74. The maximum atomic E-state index is 10.4. The van der Waals surface area contributed by atoms with E-state index in [1.807, 2.05) is 30.5 Å². The second-order valence-corrected chi connectivity index (χ2v) is 11.3. The molecule has 0 radical (unpaired) electrons. The molecule has 0 aliphatic rings. The van der Waals surface area contributed by atoms with Gasteiger partial charge in [0, 0.05) is 23.2 Å². The number of phenolic OH excluding ortho intramolecular Hbond substituents is 1. The Morgan fingerprint density at radius 3 is 2.23 bits per heavy atom. The fourth-order valence-corrected chi connectivity index (χ4v) is 5.19. The van der Waals surface area contributed by atoms with Gasteiger partial charge >= 0.3 is 0 Å². The average Bonchev–Trinajstić information content (AvgIpc) is 3.41. The Bertz CT molecular complexity index is 1800. The molecule has 0 amide bonds. The van der Waals surface area contributed by atoms with Gasteiger partial charge in [0.25, 0.3) is 0 Å². The van der Waals surface area contributed by atoms with Crippen LogP contribution in [-0.4, -0.2) is 15.1 Å². The van der Waals surface area contributed by atoms with Crippen LogP contribution >= 0.6 is 0 Å². The number of phenols is 1. The topological polar surface area (TPSA) is 59.2 Å². The fraction of sp³-hybridized carbons (Fsp3) is 0.167. The number of hydrogen-bond donors (Lipinski definition) is 1. The van der Waals surface area contributed by atoms with Gasteiger partial charge in [-0.3, -0.25) is 4.98 Å². The maximum absolute atomic E-state index is 10.4. The van der Waals surface area contributed by atoms with Gasteiger partial charge in [0.05, 0.1) is 11.3 Å². The molecule has 1 atom stereocenters. The number of hydrogen-bond acceptors (Lipinski definition) is 4. The van der Waals surface area contributed by atoms with Crippen molar-refractivity contribution in [2.75, 3.05) is 0 Å². The van der Waals surface area contributed by atoms with E-state index in [9.17, 15) is 5.11 Å². The Morgan fingerprint density at radius 1 is 0.750 bits per heavy atom. The average molecular weight is 525 g/mol. The lowest BCUT2D eigenvalue weighted by Crippen LogP contribution is -2.11. The first-order valence-electron chi connectivity index (χ1n) is 13.6. The number of benzene rings is 4. The van der Waals surface area contributed by atoms with Crippen molar-refractivity contribution in [2.45, 2.75) is 39.0 Å². The van der Waals surface area contributed by atoms with Crippen LogP contribution in [0, 0.1) is 0 Å². The highest BCUT2D eigenvalue weighted by Gasteiger charge is 2.20. The van der Waals surface area contributed by atoms with Crippen molar-refractivity contribution in [1.29, 1.82) is 0 Å². The lowest BCUT2D eigenvalue weighted by Gasteiger charge is -2.21. The van der Waals surface area contributed by atoms with E-state index < -0.39 is 0 Å². The summed E-state index contributed by atoms with van der Waals surface area (Å²) in [6, 6.07) is 34.5. The van der Waals surface area contributed by atoms with Crippen molar-refractivity contribution < 1.29 is 9.52 Å². The molecule has 2 heterocycles. The fourth-order valence-electron chi connectivity index (χ4n) is 5.19. The highest BCUT2D eigenvalue weighted by atomic mass is 16.3. The maximum Gasteiger partial charge on any atom is 0.231 e. The summed E-state index contributed by atoms with van der Waals surface area (Å²) < 4.78 is 6.09. The van der Waals surface area contributed by atoms with Crippen LogP contribution in [-0.2, 0) is 5.41 Å². The van der Waals surface area contributed by atoms with Crippen LogP contribution in [0.5, 0.6) is 5.75 Å². The summed E-state index contributed by atoms with van der Waals surface area (Å²) in [5, 5.41) is 10.4. The van der Waals surface area contributed by atoms with Crippen LogP contribution in [0.15, 0.2) is 114 Å². The van der Waals surface area contributed by atoms with Gasteiger partial charge < -0.3 is 9.52 Å². The first-order chi connectivity index (χ1) is 19.3. The SMILES string of the molecule is CC(c1ccccc1)c1ccc(-c2cccc3oc(-c4ccccc4O)nc23)cc1-c1ccc(C(C)(C)C)cn1. The Kier molecular flexibility index (Phi) is 6.47. The van der Waals surface area contributed by atoms with Crippen molar-refractivity contribution in [2.24, 2.45) is 0 Å². The summed E-state index contributed by atoms with van der Waals surface area (Å²) in [6.45, 7) is 8.86. The number of para-hydroxylation sites is 2. The van der Waals surface area contributed by atoms with E-state index in [-0.39, 0.29) is 17.1 Å². The third kappa shape index (κ3) is 4.77. The highest BCUT2D eigenvalue weighted by molar-refractivity contribution is 5.93. The van der Waals surface area contributed by atoms with Gasteiger partial charge in [0.2, 0.25) is 5.89 Å². The van der Waals surface area contributed by atoms with Crippen LogP contribution in [0.2, 0.25) is 0 Å². The van der Waals surface area contributed by atoms with E-state index in [1.54, 1.807) is 12.1 Å². The molecular weight excluding hydrogens is 492 g/mol. The Hall–Kier alpha value is -4.70. The summed E-state index contributed by atoms with van der Waals surface area (Å²) in [4.78, 5) is 9.76. The number of pyridine rings is 1. The van der Waals surface area contributed by atoms with E-state index in [2.05, 4.69) is 94.4 Å². The van der Waals surface area contributed by atoms with E-state index >= 15 is 0 Å². The van der Waals surface area contributed by atoms with Crippen LogP contribution < -0.4 is 0 Å². The lowest BCUT2D eigenvalue weighted by atomic mass is 9.85.